The van der Waals surface area contributed by atoms with E-state index in [4.69, 9.17) is 11.6 Å². The Bertz CT molecular complexity index is 582. The van der Waals surface area contributed by atoms with Gasteiger partial charge in [-0.05, 0) is 35.7 Å². The third-order valence-corrected chi connectivity index (χ3v) is 4.29. The first-order chi connectivity index (χ1) is 8.79. The predicted octanol–water partition coefficient (Wildman–Crippen LogP) is 4.93. The first-order valence-electron chi connectivity index (χ1n) is 5.99. The van der Waals surface area contributed by atoms with Crippen molar-refractivity contribution in [2.45, 2.75) is 11.8 Å². The third-order valence-electron chi connectivity index (χ3n) is 3.34. The van der Waals surface area contributed by atoms with E-state index in [1.54, 1.807) is 0 Å². The van der Waals surface area contributed by atoms with Crippen molar-refractivity contribution in [3.8, 4) is 0 Å². The van der Waals surface area contributed by atoms with Crippen LogP contribution in [0.5, 0.6) is 0 Å². The molecule has 3 heteroatoms. The average Bonchev–Trinajstić information content (AvgIpc) is 2.82. The molecule has 3 rings (SSSR count). The molecule has 0 atom stereocenters. The standard InChI is InChI=1S/C15H13BrClN/c16-10-11-5-6-15(13(17)9-11)18-8-7-12-3-1-2-4-14(12)18/h1-6,9H,7-8,10H2. The van der Waals surface area contributed by atoms with Gasteiger partial charge in [0.2, 0.25) is 0 Å². The number of rotatable bonds is 2. The monoisotopic (exact) mass is 321 g/mol. The zero-order chi connectivity index (χ0) is 12.5. The SMILES string of the molecule is Clc1cc(CBr)ccc1N1CCc2ccccc21. The van der Waals surface area contributed by atoms with E-state index in [1.807, 2.05) is 6.07 Å². The highest BCUT2D eigenvalue weighted by Gasteiger charge is 2.21. The number of alkyl halides is 1. The van der Waals surface area contributed by atoms with E-state index >= 15 is 0 Å². The van der Waals surface area contributed by atoms with Crippen molar-refractivity contribution >= 4 is 38.9 Å². The van der Waals surface area contributed by atoms with E-state index in [2.05, 4.69) is 57.2 Å². The number of halogens is 2. The zero-order valence-electron chi connectivity index (χ0n) is 9.87. The van der Waals surface area contributed by atoms with E-state index in [1.165, 1.54) is 16.8 Å². The second-order valence-corrected chi connectivity index (χ2v) is 5.42. The predicted molar refractivity (Wildman–Crippen MR) is 81.2 cm³/mol. The molecule has 0 saturated heterocycles. The Balaban J connectivity index is 2.02. The Hall–Kier alpha value is -0.990. The van der Waals surface area contributed by atoms with Crippen molar-refractivity contribution in [2.75, 3.05) is 11.4 Å². The summed E-state index contributed by atoms with van der Waals surface area (Å²) in [4.78, 5) is 2.30. The van der Waals surface area contributed by atoms with Crippen LogP contribution in [-0.2, 0) is 11.8 Å². The Kier molecular flexibility index (Phi) is 3.31. The van der Waals surface area contributed by atoms with Gasteiger partial charge in [0.05, 0.1) is 10.7 Å². The highest BCUT2D eigenvalue weighted by Crippen LogP contribution is 2.38. The van der Waals surface area contributed by atoms with Gasteiger partial charge in [0.1, 0.15) is 0 Å². The van der Waals surface area contributed by atoms with Gasteiger partial charge in [0.15, 0.2) is 0 Å². The van der Waals surface area contributed by atoms with Gasteiger partial charge in [-0.1, -0.05) is 51.8 Å². The molecule has 18 heavy (non-hydrogen) atoms. The van der Waals surface area contributed by atoms with E-state index in [0.29, 0.717) is 0 Å². The van der Waals surface area contributed by atoms with Gasteiger partial charge in [-0.2, -0.15) is 0 Å². The second-order valence-electron chi connectivity index (χ2n) is 4.45. The van der Waals surface area contributed by atoms with Gasteiger partial charge in [-0.15, -0.1) is 0 Å². The fourth-order valence-electron chi connectivity index (χ4n) is 2.44. The van der Waals surface area contributed by atoms with Crippen LogP contribution in [0.4, 0.5) is 11.4 Å². The number of anilines is 2. The molecule has 0 aromatic heterocycles. The van der Waals surface area contributed by atoms with Gasteiger partial charge >= 0.3 is 0 Å². The highest BCUT2D eigenvalue weighted by atomic mass is 79.9. The quantitative estimate of drug-likeness (QED) is 0.709. The first-order valence-corrected chi connectivity index (χ1v) is 7.49. The Morgan fingerprint density at radius 1 is 1.11 bits per heavy atom. The van der Waals surface area contributed by atoms with Crippen LogP contribution in [0.2, 0.25) is 5.02 Å². The minimum atomic E-state index is 0.823. The summed E-state index contributed by atoms with van der Waals surface area (Å²) in [5.74, 6) is 0. The fraction of sp³-hybridized carbons (Fsp3) is 0.200. The molecule has 2 aromatic rings. The summed E-state index contributed by atoms with van der Waals surface area (Å²) in [6.45, 7) is 1.01. The summed E-state index contributed by atoms with van der Waals surface area (Å²) in [6, 6.07) is 14.8. The summed E-state index contributed by atoms with van der Waals surface area (Å²) in [5.41, 5.74) is 4.99. The molecule has 0 spiro atoms. The van der Waals surface area contributed by atoms with Gasteiger partial charge in [0.25, 0.3) is 0 Å². The van der Waals surface area contributed by atoms with Crippen molar-refractivity contribution in [1.29, 1.82) is 0 Å². The van der Waals surface area contributed by atoms with Crippen molar-refractivity contribution in [3.05, 3.63) is 58.6 Å². The molecule has 0 amide bonds. The molecule has 1 aliphatic rings. The molecule has 0 bridgehead atoms. The molecule has 1 aliphatic heterocycles. The number of nitrogens with zero attached hydrogens (tertiary/aromatic N) is 1. The van der Waals surface area contributed by atoms with Crippen LogP contribution >= 0.6 is 27.5 Å². The topological polar surface area (TPSA) is 3.24 Å². The van der Waals surface area contributed by atoms with Gasteiger partial charge in [0, 0.05) is 17.6 Å². The first kappa shape index (κ1) is 12.1. The van der Waals surface area contributed by atoms with Crippen LogP contribution in [0.1, 0.15) is 11.1 Å². The van der Waals surface area contributed by atoms with Crippen molar-refractivity contribution < 1.29 is 0 Å². The molecule has 2 aromatic carbocycles. The lowest BCUT2D eigenvalue weighted by Crippen LogP contribution is -2.13. The van der Waals surface area contributed by atoms with Crippen LogP contribution in [0.3, 0.4) is 0 Å². The molecule has 0 fully saturated rings. The summed E-state index contributed by atoms with van der Waals surface area (Å²) in [7, 11) is 0. The second kappa shape index (κ2) is 4.94. The number of fused-ring (bicyclic) bond motifs is 1. The maximum atomic E-state index is 6.39. The normalized spacial score (nSPS) is 13.8. The van der Waals surface area contributed by atoms with Crippen LogP contribution in [0, 0.1) is 0 Å². The Labute approximate surface area is 121 Å². The van der Waals surface area contributed by atoms with Gasteiger partial charge < -0.3 is 4.90 Å². The van der Waals surface area contributed by atoms with Gasteiger partial charge in [-0.25, -0.2) is 0 Å². The summed E-state index contributed by atoms with van der Waals surface area (Å²) >= 11 is 9.85. The molecule has 0 aliphatic carbocycles. The third kappa shape index (κ3) is 2.04. The lowest BCUT2D eigenvalue weighted by Gasteiger charge is -2.21. The van der Waals surface area contributed by atoms with E-state index in [0.717, 1.165) is 29.0 Å². The van der Waals surface area contributed by atoms with Crippen molar-refractivity contribution in [1.82, 2.24) is 0 Å². The highest BCUT2D eigenvalue weighted by molar-refractivity contribution is 9.08. The van der Waals surface area contributed by atoms with E-state index in [9.17, 15) is 0 Å². The molecule has 1 heterocycles. The van der Waals surface area contributed by atoms with Crippen molar-refractivity contribution in [2.24, 2.45) is 0 Å². The lowest BCUT2D eigenvalue weighted by atomic mass is 10.1. The van der Waals surface area contributed by atoms with Gasteiger partial charge in [-0.3, -0.25) is 0 Å². The van der Waals surface area contributed by atoms with Crippen LogP contribution in [0.25, 0.3) is 0 Å². The number of hydrogen-bond acceptors (Lipinski definition) is 1. The molecule has 0 radical (unpaired) electrons. The van der Waals surface area contributed by atoms with Crippen molar-refractivity contribution in [3.63, 3.8) is 0 Å². The maximum absolute atomic E-state index is 6.39. The summed E-state index contributed by atoms with van der Waals surface area (Å²) in [6.07, 6.45) is 1.09. The molecular formula is C15H13BrClN. The average molecular weight is 323 g/mol. The number of benzene rings is 2. The number of hydrogen-bond donors (Lipinski definition) is 0. The maximum Gasteiger partial charge on any atom is 0.0646 e. The minimum absolute atomic E-state index is 0.823. The molecule has 0 saturated carbocycles. The summed E-state index contributed by atoms with van der Waals surface area (Å²) < 4.78 is 0. The molecule has 1 nitrogen and oxygen atoms in total. The Morgan fingerprint density at radius 2 is 1.94 bits per heavy atom. The van der Waals surface area contributed by atoms with Crippen LogP contribution in [0.15, 0.2) is 42.5 Å². The largest absolute Gasteiger partial charge is 0.340 e. The lowest BCUT2D eigenvalue weighted by molar-refractivity contribution is 0.998. The Morgan fingerprint density at radius 3 is 2.72 bits per heavy atom. The van der Waals surface area contributed by atoms with E-state index < -0.39 is 0 Å². The van der Waals surface area contributed by atoms with E-state index in [-0.39, 0.29) is 0 Å². The summed E-state index contributed by atoms with van der Waals surface area (Å²) in [5, 5.41) is 1.66. The molecular weight excluding hydrogens is 310 g/mol. The van der Waals surface area contributed by atoms with Crippen LogP contribution in [-0.4, -0.2) is 6.54 Å². The fourth-order valence-corrected chi connectivity index (χ4v) is 3.09. The number of para-hydroxylation sites is 1. The minimum Gasteiger partial charge on any atom is -0.340 e. The molecule has 0 unspecified atom stereocenters. The molecule has 0 N–H and O–H groups in total. The zero-order valence-corrected chi connectivity index (χ0v) is 12.2. The molecule has 92 valence electrons. The van der Waals surface area contributed by atoms with Crippen LogP contribution < -0.4 is 4.90 Å². The smallest absolute Gasteiger partial charge is 0.0646 e.